The number of piperidine rings is 1. The first-order valence-corrected chi connectivity index (χ1v) is 7.65. The lowest BCUT2D eigenvalue weighted by Crippen LogP contribution is -2.47. The minimum Gasteiger partial charge on any atom is -0.316 e. The first-order valence-electron chi connectivity index (χ1n) is 5.83. The highest BCUT2D eigenvalue weighted by atomic mass is 35.5. The number of rotatable bonds is 3. The highest BCUT2D eigenvalue weighted by Gasteiger charge is 2.31. The van der Waals surface area contributed by atoms with E-state index in [1.807, 2.05) is 7.05 Å². The van der Waals surface area contributed by atoms with Crippen molar-refractivity contribution < 1.29 is 8.42 Å². The van der Waals surface area contributed by atoms with E-state index in [0.29, 0.717) is 13.1 Å². The van der Waals surface area contributed by atoms with Crippen LogP contribution in [0, 0.1) is 0 Å². The average molecular weight is 326 g/mol. The van der Waals surface area contributed by atoms with Crippen molar-refractivity contribution in [1.29, 1.82) is 0 Å². The summed E-state index contributed by atoms with van der Waals surface area (Å²) in [5.74, 6) is 0. The van der Waals surface area contributed by atoms with Crippen molar-refractivity contribution in [3.05, 3.63) is 23.4 Å². The van der Waals surface area contributed by atoms with Gasteiger partial charge in [-0.1, -0.05) is 11.6 Å². The largest absolute Gasteiger partial charge is 0.316 e. The zero-order valence-corrected chi connectivity index (χ0v) is 12.9. The lowest BCUT2D eigenvalue weighted by molar-refractivity contribution is 0.292. The molecule has 5 nitrogen and oxygen atoms in total. The quantitative estimate of drug-likeness (QED) is 0.915. The van der Waals surface area contributed by atoms with Crippen molar-refractivity contribution in [2.24, 2.45) is 0 Å². The molecule has 0 radical (unpaired) electrons. The third kappa shape index (κ3) is 3.58. The second-order valence-electron chi connectivity index (χ2n) is 4.28. The number of sulfonamides is 1. The fourth-order valence-electron chi connectivity index (χ4n) is 2.08. The molecule has 1 unspecified atom stereocenters. The van der Waals surface area contributed by atoms with Crippen LogP contribution in [0.3, 0.4) is 0 Å². The van der Waals surface area contributed by atoms with Gasteiger partial charge >= 0.3 is 0 Å². The Morgan fingerprint density at radius 1 is 1.53 bits per heavy atom. The highest BCUT2D eigenvalue weighted by Crippen LogP contribution is 2.24. The molecule has 1 fully saturated rings. The summed E-state index contributed by atoms with van der Waals surface area (Å²) in [6, 6.07) is 3.35. The number of pyridine rings is 1. The number of likely N-dealkylation sites (N-methyl/N-ethyl adjacent to an activating group) is 1. The Labute approximate surface area is 124 Å². The van der Waals surface area contributed by atoms with Gasteiger partial charge in [-0.3, -0.25) is 0 Å². The fraction of sp³-hybridized carbons (Fsp3) is 0.545. The summed E-state index contributed by atoms with van der Waals surface area (Å²) in [7, 11) is -1.74. The molecule has 1 saturated heterocycles. The maximum atomic E-state index is 12.4. The van der Waals surface area contributed by atoms with Gasteiger partial charge in [0.2, 0.25) is 0 Å². The van der Waals surface area contributed by atoms with E-state index in [1.54, 1.807) is 12.1 Å². The van der Waals surface area contributed by atoms with Crippen molar-refractivity contribution in [2.45, 2.75) is 23.9 Å². The molecule has 2 heterocycles. The van der Waals surface area contributed by atoms with Crippen molar-refractivity contribution in [3.8, 4) is 0 Å². The Morgan fingerprint density at radius 2 is 2.26 bits per heavy atom. The highest BCUT2D eigenvalue weighted by molar-refractivity contribution is 7.89. The van der Waals surface area contributed by atoms with Crippen LogP contribution < -0.4 is 5.32 Å². The molecule has 108 valence electrons. The molecule has 1 aliphatic rings. The van der Waals surface area contributed by atoms with E-state index in [-0.39, 0.29) is 28.5 Å². The smallest absolute Gasteiger partial charge is 0.262 e. The SMILES string of the molecule is CNC1CCCN(S(=O)(=O)c2ncccc2Cl)C1.Cl. The van der Waals surface area contributed by atoms with Crippen molar-refractivity contribution in [2.75, 3.05) is 20.1 Å². The van der Waals surface area contributed by atoms with Crippen LogP contribution in [-0.2, 0) is 10.0 Å². The molecule has 0 amide bonds. The van der Waals surface area contributed by atoms with Gasteiger partial charge in [0.15, 0.2) is 5.03 Å². The fourth-order valence-corrected chi connectivity index (χ4v) is 3.99. The zero-order valence-electron chi connectivity index (χ0n) is 10.5. The van der Waals surface area contributed by atoms with Crippen molar-refractivity contribution in [1.82, 2.24) is 14.6 Å². The monoisotopic (exact) mass is 325 g/mol. The molecule has 8 heteroatoms. The minimum atomic E-state index is -3.59. The normalized spacial score (nSPS) is 20.8. The zero-order chi connectivity index (χ0) is 13.2. The van der Waals surface area contributed by atoms with E-state index < -0.39 is 10.0 Å². The Morgan fingerprint density at radius 3 is 2.89 bits per heavy atom. The first-order chi connectivity index (χ1) is 8.55. The van der Waals surface area contributed by atoms with E-state index in [1.165, 1.54) is 10.5 Å². The van der Waals surface area contributed by atoms with Crippen LogP contribution in [0.5, 0.6) is 0 Å². The van der Waals surface area contributed by atoms with Gasteiger partial charge in [-0.2, -0.15) is 4.31 Å². The van der Waals surface area contributed by atoms with E-state index in [0.717, 1.165) is 12.8 Å². The summed E-state index contributed by atoms with van der Waals surface area (Å²) in [6.45, 7) is 0.985. The van der Waals surface area contributed by atoms with Crippen LogP contribution in [0.1, 0.15) is 12.8 Å². The Bertz CT molecular complexity index is 524. The van der Waals surface area contributed by atoms with Crippen LogP contribution in [-0.4, -0.2) is 43.9 Å². The predicted molar refractivity (Wildman–Crippen MR) is 77.3 cm³/mol. The van der Waals surface area contributed by atoms with Gasteiger partial charge in [0.1, 0.15) is 0 Å². The Kier molecular flexibility index (Phi) is 6.01. The molecule has 0 spiro atoms. The Hall–Kier alpha value is -0.400. The predicted octanol–water partition coefficient (Wildman–Crippen LogP) is 1.53. The molecule has 1 aliphatic heterocycles. The third-order valence-electron chi connectivity index (χ3n) is 3.10. The number of aromatic nitrogens is 1. The number of hydrogen-bond acceptors (Lipinski definition) is 4. The summed E-state index contributed by atoms with van der Waals surface area (Å²) < 4.78 is 26.3. The first kappa shape index (κ1) is 16.7. The maximum absolute atomic E-state index is 12.4. The molecular weight excluding hydrogens is 309 g/mol. The van der Waals surface area contributed by atoms with E-state index in [9.17, 15) is 8.42 Å². The van der Waals surface area contributed by atoms with E-state index >= 15 is 0 Å². The van der Waals surface area contributed by atoms with Crippen molar-refractivity contribution >= 4 is 34.0 Å². The molecule has 0 saturated carbocycles. The second kappa shape index (κ2) is 6.85. The molecule has 0 aromatic carbocycles. The summed E-state index contributed by atoms with van der Waals surface area (Å²) >= 11 is 5.91. The number of halogens is 2. The summed E-state index contributed by atoms with van der Waals surface area (Å²) in [4.78, 5) is 3.89. The average Bonchev–Trinajstić information content (AvgIpc) is 2.39. The van der Waals surface area contributed by atoms with Gasteiger partial charge in [0.25, 0.3) is 10.0 Å². The molecule has 2 rings (SSSR count). The van der Waals surface area contributed by atoms with Crippen LogP contribution >= 0.6 is 24.0 Å². The van der Waals surface area contributed by atoms with Crippen LogP contribution in [0.4, 0.5) is 0 Å². The van der Waals surface area contributed by atoms with E-state index in [4.69, 9.17) is 11.6 Å². The molecule has 0 aliphatic carbocycles. The van der Waals surface area contributed by atoms with Crippen molar-refractivity contribution in [3.63, 3.8) is 0 Å². The Balaban J connectivity index is 0.00000180. The molecule has 1 atom stereocenters. The maximum Gasteiger partial charge on any atom is 0.262 e. The van der Waals surface area contributed by atoms with Gasteiger partial charge in [0, 0.05) is 25.3 Å². The molecule has 1 aromatic rings. The third-order valence-corrected chi connectivity index (χ3v) is 5.34. The van der Waals surface area contributed by atoms with Gasteiger partial charge in [-0.25, -0.2) is 13.4 Å². The standard InChI is InChI=1S/C11H16ClN3O2S.ClH/c1-13-9-4-3-7-15(8-9)18(16,17)11-10(12)5-2-6-14-11;/h2,5-6,9,13H,3-4,7-8H2,1H3;1H. The second-order valence-corrected chi connectivity index (χ2v) is 6.54. The van der Waals surface area contributed by atoms with Gasteiger partial charge in [-0.05, 0) is 32.0 Å². The topological polar surface area (TPSA) is 62.3 Å². The van der Waals surface area contributed by atoms with E-state index in [2.05, 4.69) is 10.3 Å². The summed E-state index contributed by atoms with van der Waals surface area (Å²) in [6.07, 6.45) is 3.27. The van der Waals surface area contributed by atoms with Gasteiger partial charge < -0.3 is 5.32 Å². The number of hydrogen-bond donors (Lipinski definition) is 1. The molecule has 0 bridgehead atoms. The summed E-state index contributed by atoms with van der Waals surface area (Å²) in [5.41, 5.74) is 0. The minimum absolute atomic E-state index is 0. The van der Waals surface area contributed by atoms with Gasteiger partial charge in [0.05, 0.1) is 5.02 Å². The number of nitrogens with zero attached hydrogens (tertiary/aromatic N) is 2. The lowest BCUT2D eigenvalue weighted by atomic mass is 10.1. The van der Waals surface area contributed by atoms with Crippen LogP contribution in [0.2, 0.25) is 5.02 Å². The molecular formula is C11H17Cl2N3O2S. The van der Waals surface area contributed by atoms with Crippen LogP contribution in [0.15, 0.2) is 23.4 Å². The molecule has 1 aromatic heterocycles. The lowest BCUT2D eigenvalue weighted by Gasteiger charge is -2.31. The number of nitrogens with one attached hydrogen (secondary N) is 1. The summed E-state index contributed by atoms with van der Waals surface area (Å²) in [5, 5.41) is 3.23. The molecule has 1 N–H and O–H groups in total. The van der Waals surface area contributed by atoms with Gasteiger partial charge in [-0.15, -0.1) is 12.4 Å². The molecule has 19 heavy (non-hydrogen) atoms. The van der Waals surface area contributed by atoms with Crippen LogP contribution in [0.25, 0.3) is 0 Å².